The molecule has 0 bridgehead atoms. The summed E-state index contributed by atoms with van der Waals surface area (Å²) in [5, 5.41) is 18.5. The van der Waals surface area contributed by atoms with Gasteiger partial charge < -0.3 is 16.0 Å². The van der Waals surface area contributed by atoms with E-state index in [1.54, 1.807) is 48.5 Å². The van der Waals surface area contributed by atoms with E-state index in [0.29, 0.717) is 32.3 Å². The van der Waals surface area contributed by atoms with E-state index < -0.39 is 22.9 Å². The molecule has 3 N–H and O–H groups in total. The number of carbonyl (C=O) groups is 3. The highest BCUT2D eigenvalue weighted by atomic mass is 32.2. The molecule has 1 aromatic heterocycles. The normalized spacial score (nSPS) is 13.0. The van der Waals surface area contributed by atoms with Crippen molar-refractivity contribution in [2.24, 2.45) is 0 Å². The molecule has 1 aliphatic rings. The molecule has 6 rings (SSSR count). The summed E-state index contributed by atoms with van der Waals surface area (Å²) in [6.45, 7) is 0. The van der Waals surface area contributed by atoms with E-state index in [0.717, 1.165) is 36.8 Å². The van der Waals surface area contributed by atoms with Crippen molar-refractivity contribution in [2.45, 2.75) is 35.8 Å². The third kappa shape index (κ3) is 8.33. The Labute approximate surface area is 291 Å². The molecule has 49 heavy (non-hydrogen) atoms. The largest absolute Gasteiger partial charge is 0.321 e. The average molecular weight is 687 g/mol. The lowest BCUT2D eigenvalue weighted by Crippen LogP contribution is -2.30. The van der Waals surface area contributed by atoms with Crippen LogP contribution in [0.2, 0.25) is 0 Å². The van der Waals surface area contributed by atoms with Crippen LogP contribution in [-0.4, -0.2) is 17.7 Å². The molecule has 0 spiro atoms. The van der Waals surface area contributed by atoms with Crippen molar-refractivity contribution in [3.63, 3.8) is 0 Å². The number of nitrogens with zero attached hydrogens (tertiary/aromatic N) is 1. The number of nitriles is 1. The summed E-state index contributed by atoms with van der Waals surface area (Å²) in [7, 11) is 0. The first kappa shape index (κ1) is 33.4. The number of hydrogen-bond acceptors (Lipinski definition) is 6. The molecule has 3 amide bonds. The van der Waals surface area contributed by atoms with Gasteiger partial charge in [0.15, 0.2) is 0 Å². The van der Waals surface area contributed by atoms with Crippen molar-refractivity contribution in [3.8, 4) is 6.07 Å². The number of rotatable bonds is 10. The van der Waals surface area contributed by atoms with Crippen LogP contribution in [0.5, 0.6) is 0 Å². The third-order valence-corrected chi connectivity index (χ3v) is 10.4. The quantitative estimate of drug-likeness (QED) is 0.101. The van der Waals surface area contributed by atoms with Crippen LogP contribution >= 0.6 is 23.1 Å². The van der Waals surface area contributed by atoms with Gasteiger partial charge in [-0.3, -0.25) is 14.4 Å². The van der Waals surface area contributed by atoms with Crippen molar-refractivity contribution in [1.29, 1.82) is 5.26 Å². The van der Waals surface area contributed by atoms with Crippen LogP contribution in [0.15, 0.2) is 120 Å². The van der Waals surface area contributed by atoms with Crippen LogP contribution in [0.3, 0.4) is 0 Å². The van der Waals surface area contributed by atoms with Crippen LogP contribution in [0, 0.1) is 17.1 Å². The summed E-state index contributed by atoms with van der Waals surface area (Å²) in [6, 6.07) is 32.9. The number of thiophene rings is 1. The van der Waals surface area contributed by atoms with Gasteiger partial charge in [0.05, 0.1) is 5.56 Å². The first-order chi connectivity index (χ1) is 23.9. The van der Waals surface area contributed by atoms with Crippen LogP contribution in [0.4, 0.5) is 15.1 Å². The molecule has 0 saturated carbocycles. The van der Waals surface area contributed by atoms with Gasteiger partial charge in [0.2, 0.25) is 5.91 Å². The number of carbonyl (C=O) groups excluding carboxylic acids is 3. The summed E-state index contributed by atoms with van der Waals surface area (Å²) in [5.74, 6) is -1.74. The highest BCUT2D eigenvalue weighted by molar-refractivity contribution is 8.00. The molecule has 7 nitrogen and oxygen atoms in total. The molecule has 1 unspecified atom stereocenters. The van der Waals surface area contributed by atoms with Gasteiger partial charge in [0, 0.05) is 21.0 Å². The van der Waals surface area contributed by atoms with E-state index in [-0.39, 0.29) is 11.6 Å². The lowest BCUT2D eigenvalue weighted by molar-refractivity contribution is -0.116. The van der Waals surface area contributed by atoms with Crippen molar-refractivity contribution in [2.75, 3.05) is 10.6 Å². The van der Waals surface area contributed by atoms with Gasteiger partial charge in [-0.15, -0.1) is 23.1 Å². The molecule has 0 aliphatic heterocycles. The van der Waals surface area contributed by atoms with Crippen molar-refractivity contribution < 1.29 is 18.8 Å². The molecule has 0 fully saturated rings. The summed E-state index contributed by atoms with van der Waals surface area (Å²) in [5.41, 5.74) is 3.69. The first-order valence-corrected chi connectivity index (χ1v) is 17.4. The predicted molar refractivity (Wildman–Crippen MR) is 193 cm³/mol. The Hall–Kier alpha value is -5.50. The van der Waals surface area contributed by atoms with Gasteiger partial charge in [0.1, 0.15) is 27.8 Å². The number of anilines is 2. The lowest BCUT2D eigenvalue weighted by atomic mass is 9.96. The van der Waals surface area contributed by atoms with E-state index in [2.05, 4.69) is 22.0 Å². The Kier molecular flexibility index (Phi) is 10.6. The number of fused-ring (bicyclic) bond motifs is 1. The molecule has 1 atom stereocenters. The van der Waals surface area contributed by atoms with E-state index in [4.69, 9.17) is 0 Å². The van der Waals surface area contributed by atoms with E-state index in [1.807, 2.05) is 36.4 Å². The van der Waals surface area contributed by atoms with Crippen LogP contribution < -0.4 is 16.0 Å². The van der Waals surface area contributed by atoms with Gasteiger partial charge in [0.25, 0.3) is 11.8 Å². The second kappa shape index (κ2) is 15.6. The fourth-order valence-corrected chi connectivity index (χ4v) is 7.83. The SMILES string of the molecule is N#Cc1c(NC(=O)C(Sc2cccc(NC(=O)/C(=C\c3ccc(F)cc3)NC(=O)c3ccccc3)c2)c2ccccc2)sc2c1CCCC2. The standard InChI is InChI=1S/C39H31FN4O3S2/c40-28-20-18-25(19-21-28)22-33(43-36(45)27-12-5-2-6-13-27)37(46)42-29-14-9-15-30(23-29)48-35(26-10-3-1-4-11-26)38(47)44-39-32(24-41)31-16-7-8-17-34(31)49-39/h1-6,9-15,18-23,35H,7-8,16-17H2,(H,42,46)(H,43,45)(H,44,47)/b33-22+. The zero-order valence-electron chi connectivity index (χ0n) is 26.2. The summed E-state index contributed by atoms with van der Waals surface area (Å²) < 4.78 is 13.6. The average Bonchev–Trinajstić information content (AvgIpc) is 3.48. The number of halogens is 1. The smallest absolute Gasteiger partial charge is 0.272 e. The molecule has 4 aromatic carbocycles. The fourth-order valence-electron chi connectivity index (χ4n) is 5.50. The van der Waals surface area contributed by atoms with Gasteiger partial charge in [-0.25, -0.2) is 4.39 Å². The molecule has 5 aromatic rings. The number of benzene rings is 4. The van der Waals surface area contributed by atoms with Gasteiger partial charge in [-0.1, -0.05) is 66.7 Å². The monoisotopic (exact) mass is 686 g/mol. The first-order valence-electron chi connectivity index (χ1n) is 15.7. The molecule has 1 heterocycles. The maximum absolute atomic E-state index is 13.9. The van der Waals surface area contributed by atoms with Crippen LogP contribution in [0.25, 0.3) is 6.08 Å². The molecular formula is C39H31FN4O3S2. The van der Waals surface area contributed by atoms with E-state index in [9.17, 15) is 24.0 Å². The van der Waals surface area contributed by atoms with Crippen molar-refractivity contribution in [3.05, 3.63) is 153 Å². The number of thioether (sulfide) groups is 1. The molecule has 10 heteroatoms. The summed E-state index contributed by atoms with van der Waals surface area (Å²) in [6.07, 6.45) is 5.34. The number of nitrogens with one attached hydrogen (secondary N) is 3. The van der Waals surface area contributed by atoms with Gasteiger partial charge in [-0.2, -0.15) is 5.26 Å². The minimum Gasteiger partial charge on any atom is -0.321 e. The Morgan fingerprint density at radius 2 is 1.57 bits per heavy atom. The molecule has 1 aliphatic carbocycles. The second-order valence-corrected chi connectivity index (χ2v) is 13.6. The number of aryl methyl sites for hydroxylation is 1. The number of hydrogen-bond donors (Lipinski definition) is 3. The molecular weight excluding hydrogens is 656 g/mol. The number of amides is 3. The Bertz CT molecular complexity index is 2060. The molecule has 0 saturated heterocycles. The third-order valence-electron chi connectivity index (χ3n) is 7.92. The molecule has 0 radical (unpaired) electrons. The second-order valence-electron chi connectivity index (χ2n) is 11.3. The summed E-state index contributed by atoms with van der Waals surface area (Å²) >= 11 is 2.80. The highest BCUT2D eigenvalue weighted by Gasteiger charge is 2.27. The maximum atomic E-state index is 13.9. The summed E-state index contributed by atoms with van der Waals surface area (Å²) in [4.78, 5) is 42.4. The highest BCUT2D eigenvalue weighted by Crippen LogP contribution is 2.41. The zero-order chi connectivity index (χ0) is 34.2. The zero-order valence-corrected chi connectivity index (χ0v) is 27.9. The predicted octanol–water partition coefficient (Wildman–Crippen LogP) is 8.52. The maximum Gasteiger partial charge on any atom is 0.272 e. The fraction of sp³-hybridized carbons (Fsp3) is 0.128. The van der Waals surface area contributed by atoms with Crippen molar-refractivity contribution in [1.82, 2.24) is 5.32 Å². The van der Waals surface area contributed by atoms with Crippen molar-refractivity contribution >= 4 is 57.6 Å². The van der Waals surface area contributed by atoms with E-state index in [1.165, 1.54) is 58.3 Å². The van der Waals surface area contributed by atoms with Gasteiger partial charge in [-0.05, 0) is 90.9 Å². The van der Waals surface area contributed by atoms with Gasteiger partial charge >= 0.3 is 0 Å². The van der Waals surface area contributed by atoms with Crippen LogP contribution in [0.1, 0.15) is 55.6 Å². The molecule has 244 valence electrons. The Morgan fingerprint density at radius 1 is 0.857 bits per heavy atom. The van der Waals surface area contributed by atoms with E-state index >= 15 is 0 Å². The minimum absolute atomic E-state index is 0.0352. The lowest BCUT2D eigenvalue weighted by Gasteiger charge is -2.17. The topological polar surface area (TPSA) is 111 Å². The minimum atomic E-state index is -0.656. The Morgan fingerprint density at radius 3 is 2.31 bits per heavy atom. The van der Waals surface area contributed by atoms with Crippen LogP contribution in [-0.2, 0) is 22.4 Å². The Balaban J connectivity index is 1.23.